The van der Waals surface area contributed by atoms with Gasteiger partial charge >= 0.3 is 0 Å². The molecule has 2 N–H and O–H groups in total. The molecule has 0 fully saturated rings. The van der Waals surface area contributed by atoms with Crippen molar-refractivity contribution in [3.05, 3.63) is 76.3 Å². The van der Waals surface area contributed by atoms with Crippen LogP contribution in [0.1, 0.15) is 41.0 Å². The summed E-state index contributed by atoms with van der Waals surface area (Å²) in [6.07, 6.45) is 0.326. The van der Waals surface area contributed by atoms with Gasteiger partial charge in [-0.2, -0.15) is 0 Å². The highest BCUT2D eigenvalue weighted by Crippen LogP contribution is 2.26. The van der Waals surface area contributed by atoms with Gasteiger partial charge in [0.15, 0.2) is 0 Å². The van der Waals surface area contributed by atoms with Crippen LogP contribution in [0.15, 0.2) is 58.3 Å². The summed E-state index contributed by atoms with van der Waals surface area (Å²) in [6, 6.07) is 15.1. The van der Waals surface area contributed by atoms with Gasteiger partial charge in [0.1, 0.15) is 4.34 Å². The zero-order chi connectivity index (χ0) is 21.5. The molecule has 0 aliphatic heterocycles. The third-order valence-electron chi connectivity index (χ3n) is 4.20. The van der Waals surface area contributed by atoms with E-state index in [1.54, 1.807) is 23.1 Å². The second-order valence-electron chi connectivity index (χ2n) is 7.29. The Kier molecular flexibility index (Phi) is 7.65. The molecule has 0 saturated carbocycles. The van der Waals surface area contributed by atoms with Crippen molar-refractivity contribution < 1.29 is 9.59 Å². The minimum Gasteiger partial charge on any atom is -0.354 e. The molecule has 0 saturated heterocycles. The molecule has 0 aliphatic rings. The van der Waals surface area contributed by atoms with Crippen molar-refractivity contribution in [3.63, 3.8) is 0 Å². The van der Waals surface area contributed by atoms with Gasteiger partial charge in [-0.05, 0) is 56.2 Å². The Labute approximate surface area is 185 Å². The third kappa shape index (κ3) is 6.71. The number of thioether (sulfide) groups is 1. The summed E-state index contributed by atoms with van der Waals surface area (Å²) in [5, 5.41) is 7.81. The average Bonchev–Trinajstić information content (AvgIpc) is 3.13. The smallest absolute Gasteiger partial charge is 0.255 e. The lowest BCUT2D eigenvalue weighted by atomic mass is 10.1. The maximum absolute atomic E-state index is 12.5. The predicted octanol–water partition coefficient (Wildman–Crippen LogP) is 5.06. The largest absolute Gasteiger partial charge is 0.354 e. The molecular formula is C23H25N3O2S2. The number of anilines is 1. The molecule has 0 atom stereocenters. The lowest BCUT2D eigenvalue weighted by Crippen LogP contribution is -2.31. The van der Waals surface area contributed by atoms with E-state index in [1.807, 2.05) is 74.7 Å². The maximum atomic E-state index is 12.5. The van der Waals surface area contributed by atoms with E-state index in [1.165, 1.54) is 0 Å². The molecule has 1 heterocycles. The van der Waals surface area contributed by atoms with Crippen LogP contribution in [0.5, 0.6) is 0 Å². The second kappa shape index (κ2) is 10.4. The van der Waals surface area contributed by atoms with E-state index < -0.39 is 0 Å². The molecule has 3 aromatic rings. The van der Waals surface area contributed by atoms with Gasteiger partial charge in [-0.25, -0.2) is 4.98 Å². The van der Waals surface area contributed by atoms with Crippen LogP contribution in [0.3, 0.4) is 0 Å². The Bertz CT molecular complexity index is 996. The third-order valence-corrected chi connectivity index (χ3v) is 6.41. The normalized spacial score (nSPS) is 10.8. The number of hydrogen-bond donors (Lipinski definition) is 2. The maximum Gasteiger partial charge on any atom is 0.255 e. The minimum atomic E-state index is -0.157. The summed E-state index contributed by atoms with van der Waals surface area (Å²) < 4.78 is 1.06. The summed E-state index contributed by atoms with van der Waals surface area (Å²) in [4.78, 5) is 28.8. The van der Waals surface area contributed by atoms with Crippen LogP contribution in [0.2, 0.25) is 0 Å². The van der Waals surface area contributed by atoms with E-state index in [2.05, 4.69) is 15.6 Å². The van der Waals surface area contributed by atoms with Gasteiger partial charge in [0.25, 0.3) is 5.91 Å². The number of hydrogen-bond acceptors (Lipinski definition) is 5. The number of carbonyl (C=O) groups is 2. The first kappa shape index (κ1) is 22.1. The van der Waals surface area contributed by atoms with Crippen molar-refractivity contribution in [1.82, 2.24) is 10.3 Å². The summed E-state index contributed by atoms with van der Waals surface area (Å²) in [7, 11) is 0. The number of nitrogens with one attached hydrogen (secondary N) is 2. The molecule has 2 amide bonds. The van der Waals surface area contributed by atoms with Gasteiger partial charge in [0, 0.05) is 34.1 Å². The monoisotopic (exact) mass is 439 g/mol. The fourth-order valence-corrected chi connectivity index (χ4v) is 4.57. The summed E-state index contributed by atoms with van der Waals surface area (Å²) in [5.41, 5.74) is 4.40. The highest BCUT2D eigenvalue weighted by molar-refractivity contribution is 8.00. The first-order valence-electron chi connectivity index (χ1n) is 9.72. The van der Waals surface area contributed by atoms with Gasteiger partial charge in [0.2, 0.25) is 5.91 Å². The van der Waals surface area contributed by atoms with Crippen LogP contribution >= 0.6 is 23.1 Å². The zero-order valence-electron chi connectivity index (χ0n) is 17.3. The number of rotatable bonds is 8. The van der Waals surface area contributed by atoms with E-state index >= 15 is 0 Å². The molecule has 0 aliphatic carbocycles. The number of thiazole rings is 1. The molecule has 0 radical (unpaired) electrons. The Hall–Kier alpha value is -2.64. The second-order valence-corrected chi connectivity index (χ2v) is 9.37. The van der Waals surface area contributed by atoms with Crippen LogP contribution in [-0.4, -0.2) is 22.8 Å². The molecule has 0 unspecified atom stereocenters. The number of amides is 2. The zero-order valence-corrected chi connectivity index (χ0v) is 18.9. The Morgan fingerprint density at radius 1 is 1.03 bits per heavy atom. The quantitative estimate of drug-likeness (QED) is 0.481. The van der Waals surface area contributed by atoms with E-state index in [4.69, 9.17) is 0 Å². The number of aromatic nitrogens is 1. The van der Waals surface area contributed by atoms with Crippen molar-refractivity contribution >= 4 is 40.6 Å². The van der Waals surface area contributed by atoms with Crippen LogP contribution in [0, 0.1) is 6.92 Å². The van der Waals surface area contributed by atoms with Crippen molar-refractivity contribution in [3.8, 4) is 0 Å². The fraction of sp³-hybridized carbons (Fsp3) is 0.261. The van der Waals surface area contributed by atoms with E-state index in [0.717, 1.165) is 26.9 Å². The number of nitrogens with zero attached hydrogens (tertiary/aromatic N) is 1. The van der Waals surface area contributed by atoms with E-state index in [0.29, 0.717) is 17.7 Å². The molecule has 0 bridgehead atoms. The highest BCUT2D eigenvalue weighted by atomic mass is 32.2. The van der Waals surface area contributed by atoms with Crippen molar-refractivity contribution in [2.45, 2.75) is 43.3 Å². The van der Waals surface area contributed by atoms with Crippen LogP contribution in [-0.2, 0) is 17.0 Å². The lowest BCUT2D eigenvalue weighted by Gasteiger charge is -2.09. The fourth-order valence-electron chi connectivity index (χ4n) is 2.76. The number of aryl methyl sites for hydroxylation is 1. The first-order chi connectivity index (χ1) is 14.4. The van der Waals surface area contributed by atoms with Crippen LogP contribution in [0.4, 0.5) is 5.69 Å². The Morgan fingerprint density at radius 2 is 1.70 bits per heavy atom. The Balaban J connectivity index is 1.52. The van der Waals surface area contributed by atoms with Crippen LogP contribution in [0.25, 0.3) is 0 Å². The number of carbonyl (C=O) groups excluding carboxylic acids is 2. The van der Waals surface area contributed by atoms with Crippen LogP contribution < -0.4 is 10.6 Å². The standard InChI is InChI=1S/C23H25N3O2S2/c1-15(2)24-21(27)12-17-6-10-20(11-7-17)26-22(28)19-8-4-18(5-9-19)14-30-23-25-16(3)13-29-23/h4-11,13,15H,12,14H2,1-3H3,(H,24,27)(H,26,28). The highest BCUT2D eigenvalue weighted by Gasteiger charge is 2.08. The van der Waals surface area contributed by atoms with Gasteiger partial charge in [-0.3, -0.25) is 9.59 Å². The van der Waals surface area contributed by atoms with E-state index in [9.17, 15) is 9.59 Å². The molecule has 1 aromatic heterocycles. The molecule has 5 nitrogen and oxygen atoms in total. The van der Waals surface area contributed by atoms with Gasteiger partial charge in [-0.1, -0.05) is 36.0 Å². The average molecular weight is 440 g/mol. The van der Waals surface area contributed by atoms with Gasteiger partial charge in [0.05, 0.1) is 6.42 Å². The lowest BCUT2D eigenvalue weighted by molar-refractivity contribution is -0.120. The van der Waals surface area contributed by atoms with Gasteiger partial charge in [-0.15, -0.1) is 11.3 Å². The Morgan fingerprint density at radius 3 is 2.30 bits per heavy atom. The predicted molar refractivity (Wildman–Crippen MR) is 124 cm³/mol. The van der Waals surface area contributed by atoms with E-state index in [-0.39, 0.29) is 17.9 Å². The topological polar surface area (TPSA) is 71.1 Å². The van der Waals surface area contributed by atoms with Crippen molar-refractivity contribution in [1.29, 1.82) is 0 Å². The van der Waals surface area contributed by atoms with Crippen molar-refractivity contribution in [2.75, 3.05) is 5.32 Å². The molecule has 30 heavy (non-hydrogen) atoms. The van der Waals surface area contributed by atoms with Crippen molar-refractivity contribution in [2.24, 2.45) is 0 Å². The molecular weight excluding hydrogens is 414 g/mol. The summed E-state index contributed by atoms with van der Waals surface area (Å²) in [5.74, 6) is 0.654. The molecule has 7 heteroatoms. The first-order valence-corrected chi connectivity index (χ1v) is 11.6. The molecule has 156 valence electrons. The SMILES string of the molecule is Cc1csc(SCc2ccc(C(=O)Nc3ccc(CC(=O)NC(C)C)cc3)cc2)n1. The molecule has 2 aromatic carbocycles. The molecule has 3 rings (SSSR count). The summed E-state index contributed by atoms with van der Waals surface area (Å²) >= 11 is 3.35. The van der Waals surface area contributed by atoms with Gasteiger partial charge < -0.3 is 10.6 Å². The summed E-state index contributed by atoms with van der Waals surface area (Å²) in [6.45, 7) is 5.86. The number of benzene rings is 2. The minimum absolute atomic E-state index is 0.00923. The molecule has 0 spiro atoms.